The van der Waals surface area contributed by atoms with Crippen LogP contribution in [0.15, 0.2) is 146 Å². The molecule has 0 fully saturated rings. The number of fused-ring (bicyclic) bond motifs is 12. The fourth-order valence-electron chi connectivity index (χ4n) is 8.23. The third-order valence-electron chi connectivity index (χ3n) is 10.5. The number of pyridine rings is 1. The standard InChI is InChI=1S/C46H30N6O.Pt/c1-48-37-19-8-6-17-34(37)42-41-36-23-22-33(53-32-16-12-15-31(27-32)51-26-25-50(29-51)30-13-4-3-5-14-30)28-39(36)52(40-21-10-11-24-47-40)44(41)43-35-18-7-9-20-38(35)49(2)46(43)45(42)48;/h3-26H,1-2H3;/q-2;. The Hall–Kier alpha value is -6.43. The molecule has 0 amide bonds. The number of benzene rings is 6. The van der Waals surface area contributed by atoms with Gasteiger partial charge in [-0.3, -0.25) is 4.57 Å². The molecule has 0 saturated carbocycles. The maximum Gasteiger partial charge on any atom is 0.267 e. The zero-order valence-electron chi connectivity index (χ0n) is 29.3. The molecule has 11 aromatic rings. The molecule has 0 radical (unpaired) electrons. The van der Waals surface area contributed by atoms with Gasteiger partial charge in [0.1, 0.15) is 5.82 Å². The predicted octanol–water partition coefficient (Wildman–Crippen LogP) is 9.73. The molecule has 5 aromatic heterocycles. The van der Waals surface area contributed by atoms with Gasteiger partial charge < -0.3 is 23.0 Å². The zero-order chi connectivity index (χ0) is 35.2. The molecule has 262 valence electrons. The molecule has 0 N–H and O–H groups in total. The van der Waals surface area contributed by atoms with Gasteiger partial charge in [-0.25, -0.2) is 4.98 Å². The average Bonchev–Trinajstić information content (AvgIpc) is 3.97. The zero-order valence-corrected chi connectivity index (χ0v) is 31.5. The van der Waals surface area contributed by atoms with E-state index < -0.39 is 0 Å². The number of para-hydroxylation sites is 3. The fourth-order valence-corrected chi connectivity index (χ4v) is 8.23. The van der Waals surface area contributed by atoms with Crippen LogP contribution in [0.2, 0.25) is 0 Å². The van der Waals surface area contributed by atoms with E-state index in [1.807, 2.05) is 82.3 Å². The molecule has 0 aliphatic heterocycles. The minimum absolute atomic E-state index is 0. The van der Waals surface area contributed by atoms with E-state index in [2.05, 4.69) is 119 Å². The Morgan fingerprint density at radius 1 is 0.593 bits per heavy atom. The Bertz CT molecular complexity index is 3230. The quantitative estimate of drug-likeness (QED) is 0.128. The number of nitrogens with zero attached hydrogens (tertiary/aromatic N) is 6. The van der Waals surface area contributed by atoms with Gasteiger partial charge in [0, 0.05) is 97.8 Å². The third kappa shape index (κ3) is 4.65. The van der Waals surface area contributed by atoms with Gasteiger partial charge in [0.05, 0.1) is 22.2 Å². The first kappa shape index (κ1) is 32.2. The van der Waals surface area contributed by atoms with E-state index in [4.69, 9.17) is 9.72 Å². The number of ether oxygens (including phenoxy) is 1. The van der Waals surface area contributed by atoms with E-state index in [0.717, 1.165) is 33.6 Å². The van der Waals surface area contributed by atoms with Gasteiger partial charge in [-0.1, -0.05) is 66.2 Å². The SMILES string of the molecule is Cn1c2ccccc2c2c3c4ccc(Oc5[c-]c(-[n+]6[c-]n(-c7ccccc7)cc6)ccc5)[c-]c4n(-c4ccccn4)c3c3c4ccccc4n(C)c3c21.[Pt]. The smallest absolute Gasteiger partial charge is 0.267 e. The molecule has 0 saturated heterocycles. The molecular formula is C46H30N6OPt-2. The molecule has 0 unspecified atom stereocenters. The van der Waals surface area contributed by atoms with Gasteiger partial charge in [-0.2, -0.15) is 18.2 Å². The van der Waals surface area contributed by atoms with Crippen LogP contribution < -0.4 is 9.30 Å². The van der Waals surface area contributed by atoms with E-state index in [0.29, 0.717) is 11.5 Å². The summed E-state index contributed by atoms with van der Waals surface area (Å²) in [5.74, 6) is 1.99. The number of hydrogen-bond donors (Lipinski definition) is 0. The number of rotatable bonds is 5. The van der Waals surface area contributed by atoms with Crippen molar-refractivity contribution < 1.29 is 30.4 Å². The van der Waals surface area contributed by atoms with Crippen LogP contribution in [0.5, 0.6) is 11.5 Å². The summed E-state index contributed by atoms with van der Waals surface area (Å²) in [5, 5.41) is 7.07. The molecule has 5 heterocycles. The second-order valence-corrected chi connectivity index (χ2v) is 13.4. The summed E-state index contributed by atoms with van der Waals surface area (Å²) >= 11 is 0. The second-order valence-electron chi connectivity index (χ2n) is 13.4. The van der Waals surface area contributed by atoms with Crippen molar-refractivity contribution >= 4 is 65.4 Å². The Kier molecular flexibility index (Phi) is 7.36. The van der Waals surface area contributed by atoms with Crippen LogP contribution in [0.25, 0.3) is 82.6 Å². The van der Waals surface area contributed by atoms with Crippen LogP contribution in [-0.2, 0) is 35.2 Å². The van der Waals surface area contributed by atoms with Gasteiger partial charge in [-0.05, 0) is 47.5 Å². The molecule has 0 atom stereocenters. The molecular weight excluding hydrogens is 848 g/mol. The van der Waals surface area contributed by atoms with Crippen LogP contribution in [0.3, 0.4) is 0 Å². The van der Waals surface area contributed by atoms with Gasteiger partial charge in [-0.15, -0.1) is 29.7 Å². The maximum atomic E-state index is 6.56. The molecule has 11 rings (SSSR count). The summed E-state index contributed by atoms with van der Waals surface area (Å²) in [6.45, 7) is 0. The van der Waals surface area contributed by atoms with Crippen LogP contribution >= 0.6 is 0 Å². The minimum atomic E-state index is 0. The minimum Gasteiger partial charge on any atom is -0.510 e. The van der Waals surface area contributed by atoms with Crippen molar-refractivity contribution in [1.82, 2.24) is 23.3 Å². The van der Waals surface area contributed by atoms with E-state index in [1.54, 1.807) is 0 Å². The Balaban J connectivity index is 0.00000361. The molecule has 6 aromatic carbocycles. The first-order valence-corrected chi connectivity index (χ1v) is 17.6. The van der Waals surface area contributed by atoms with Crippen LogP contribution in [-0.4, -0.2) is 23.3 Å². The summed E-state index contributed by atoms with van der Waals surface area (Å²) in [5.41, 5.74) is 8.60. The van der Waals surface area contributed by atoms with Crippen LogP contribution in [0, 0.1) is 18.5 Å². The normalized spacial score (nSPS) is 11.7. The molecule has 0 aliphatic rings. The second kappa shape index (κ2) is 12.3. The summed E-state index contributed by atoms with van der Waals surface area (Å²) < 4.78 is 17.4. The van der Waals surface area contributed by atoms with E-state index >= 15 is 0 Å². The molecule has 0 bridgehead atoms. The summed E-state index contributed by atoms with van der Waals surface area (Å²) in [4.78, 5) is 4.92. The molecule has 7 nitrogen and oxygen atoms in total. The van der Waals surface area contributed by atoms with Crippen molar-refractivity contribution in [2.75, 3.05) is 0 Å². The van der Waals surface area contributed by atoms with E-state index in [-0.39, 0.29) is 21.1 Å². The van der Waals surface area contributed by atoms with Crippen molar-refractivity contribution in [1.29, 1.82) is 0 Å². The third-order valence-corrected chi connectivity index (χ3v) is 10.5. The topological polar surface area (TPSA) is 45.7 Å². The number of aryl methyl sites for hydroxylation is 2. The Morgan fingerprint density at radius 3 is 2.02 bits per heavy atom. The molecule has 8 heteroatoms. The first-order chi connectivity index (χ1) is 26.1. The van der Waals surface area contributed by atoms with Crippen molar-refractivity contribution in [2.45, 2.75) is 0 Å². The first-order valence-electron chi connectivity index (χ1n) is 17.6. The van der Waals surface area contributed by atoms with Crippen molar-refractivity contribution in [2.24, 2.45) is 14.1 Å². The Labute approximate surface area is 324 Å². The van der Waals surface area contributed by atoms with Crippen LogP contribution in [0.4, 0.5) is 0 Å². The van der Waals surface area contributed by atoms with Crippen LogP contribution in [0.1, 0.15) is 0 Å². The summed E-state index contributed by atoms with van der Waals surface area (Å²) in [6, 6.07) is 50.8. The van der Waals surface area contributed by atoms with Crippen molar-refractivity contribution in [3.8, 4) is 28.7 Å². The van der Waals surface area contributed by atoms with Gasteiger partial charge >= 0.3 is 0 Å². The molecule has 0 aliphatic carbocycles. The van der Waals surface area contributed by atoms with Crippen molar-refractivity contribution in [3.05, 3.63) is 164 Å². The van der Waals surface area contributed by atoms with Gasteiger partial charge in [0.15, 0.2) is 0 Å². The van der Waals surface area contributed by atoms with Crippen molar-refractivity contribution in [3.63, 3.8) is 0 Å². The molecule has 54 heavy (non-hydrogen) atoms. The Morgan fingerprint density at radius 2 is 1.26 bits per heavy atom. The van der Waals surface area contributed by atoms with Gasteiger partial charge in [0.25, 0.3) is 6.33 Å². The largest absolute Gasteiger partial charge is 0.510 e. The van der Waals surface area contributed by atoms with E-state index in [9.17, 15) is 0 Å². The predicted molar refractivity (Wildman–Crippen MR) is 210 cm³/mol. The number of imidazole rings is 1. The summed E-state index contributed by atoms with van der Waals surface area (Å²) in [6.07, 6.45) is 9.18. The summed E-state index contributed by atoms with van der Waals surface area (Å²) in [7, 11) is 4.36. The van der Waals surface area contributed by atoms with Gasteiger partial charge in [0.2, 0.25) is 0 Å². The fraction of sp³-hybridized carbons (Fsp3) is 0.0435. The maximum absolute atomic E-state index is 6.56. The molecule has 0 spiro atoms. The number of hydrogen-bond acceptors (Lipinski definition) is 2. The number of aromatic nitrogens is 6. The monoisotopic (exact) mass is 877 g/mol. The average molecular weight is 878 g/mol. The van der Waals surface area contributed by atoms with E-state index in [1.165, 1.54) is 49.0 Å².